The molecular formula is C17H24BrF3. The highest BCUT2D eigenvalue weighted by molar-refractivity contribution is 9.10. The van der Waals surface area contributed by atoms with Crippen molar-refractivity contribution in [3.63, 3.8) is 0 Å². The van der Waals surface area contributed by atoms with E-state index in [4.69, 9.17) is 0 Å². The lowest BCUT2D eigenvalue weighted by Gasteiger charge is -2.68. The zero-order valence-corrected chi connectivity index (χ0v) is 14.2. The first-order chi connectivity index (χ1) is 9.69. The average molecular weight is 365 g/mol. The van der Waals surface area contributed by atoms with Gasteiger partial charge in [-0.2, -0.15) is 0 Å². The summed E-state index contributed by atoms with van der Waals surface area (Å²) in [5, 5.41) is 0. The molecule has 0 N–H and O–H groups in total. The molecule has 0 radical (unpaired) electrons. The van der Waals surface area contributed by atoms with Crippen LogP contribution in [-0.2, 0) is 0 Å². The lowest BCUT2D eigenvalue weighted by Crippen LogP contribution is -2.70. The van der Waals surface area contributed by atoms with E-state index in [0.29, 0.717) is 31.1 Å². The van der Waals surface area contributed by atoms with Crippen LogP contribution in [0.1, 0.15) is 71.1 Å². The highest BCUT2D eigenvalue weighted by atomic mass is 79.9. The van der Waals surface area contributed by atoms with E-state index in [1.54, 1.807) is 0 Å². The van der Waals surface area contributed by atoms with Crippen molar-refractivity contribution < 1.29 is 13.2 Å². The largest absolute Gasteiger partial charge is 0.286 e. The molecule has 4 bridgehead atoms. The standard InChI is InChI=1S/C17H24BrF3/c1-13-2-5-14(6-3-13,7-4-13)16-10-8-15(18,9-11-16)12(19)17(16,20)21/h12H,2-11H2,1H3. The zero-order chi connectivity index (χ0) is 15.1. The fourth-order valence-electron chi connectivity index (χ4n) is 6.22. The molecule has 0 heterocycles. The van der Waals surface area contributed by atoms with Crippen molar-refractivity contribution in [2.45, 2.75) is 87.6 Å². The van der Waals surface area contributed by atoms with E-state index < -0.39 is 21.8 Å². The number of fused-ring (bicyclic) bond motifs is 6. The summed E-state index contributed by atoms with van der Waals surface area (Å²) in [6, 6.07) is 0. The molecule has 0 spiro atoms. The van der Waals surface area contributed by atoms with E-state index in [1.165, 1.54) is 0 Å². The van der Waals surface area contributed by atoms with E-state index in [1.807, 2.05) is 0 Å². The Morgan fingerprint density at radius 3 is 1.76 bits per heavy atom. The van der Waals surface area contributed by atoms with Crippen LogP contribution in [0.3, 0.4) is 0 Å². The van der Waals surface area contributed by atoms with E-state index >= 15 is 8.78 Å². The molecule has 4 heteroatoms. The molecule has 6 fully saturated rings. The molecule has 6 rings (SSSR count). The lowest BCUT2D eigenvalue weighted by molar-refractivity contribution is -0.292. The van der Waals surface area contributed by atoms with Gasteiger partial charge >= 0.3 is 0 Å². The van der Waals surface area contributed by atoms with E-state index in [2.05, 4.69) is 22.9 Å². The van der Waals surface area contributed by atoms with Crippen molar-refractivity contribution in [3.8, 4) is 0 Å². The Balaban J connectivity index is 1.77. The Morgan fingerprint density at radius 1 is 0.810 bits per heavy atom. The molecule has 1 atom stereocenters. The van der Waals surface area contributed by atoms with Crippen molar-refractivity contribution in [3.05, 3.63) is 0 Å². The van der Waals surface area contributed by atoms with Gasteiger partial charge in [0.15, 0.2) is 6.17 Å². The zero-order valence-electron chi connectivity index (χ0n) is 12.7. The third kappa shape index (κ3) is 1.59. The molecule has 0 aromatic carbocycles. The van der Waals surface area contributed by atoms with Gasteiger partial charge in [-0.3, -0.25) is 0 Å². The van der Waals surface area contributed by atoms with Crippen molar-refractivity contribution in [1.82, 2.24) is 0 Å². The van der Waals surface area contributed by atoms with Crippen LogP contribution < -0.4 is 0 Å². The second-order valence-electron chi connectivity index (χ2n) is 8.69. The molecule has 0 amide bonds. The second-order valence-corrected chi connectivity index (χ2v) is 10.3. The van der Waals surface area contributed by atoms with Crippen LogP contribution >= 0.6 is 15.9 Å². The molecule has 0 nitrogen and oxygen atoms in total. The molecular weight excluding hydrogens is 341 g/mol. The number of halogens is 4. The van der Waals surface area contributed by atoms with Crippen LogP contribution in [0.4, 0.5) is 13.2 Å². The molecule has 21 heavy (non-hydrogen) atoms. The smallest absolute Gasteiger partial charge is 0.239 e. The summed E-state index contributed by atoms with van der Waals surface area (Å²) in [6.45, 7) is 2.30. The van der Waals surface area contributed by atoms with Crippen molar-refractivity contribution in [1.29, 1.82) is 0 Å². The minimum Gasteiger partial charge on any atom is -0.239 e. The van der Waals surface area contributed by atoms with Gasteiger partial charge in [-0.05, 0) is 75.0 Å². The number of rotatable bonds is 1. The van der Waals surface area contributed by atoms with Gasteiger partial charge in [-0.1, -0.05) is 22.9 Å². The predicted molar refractivity (Wildman–Crippen MR) is 80.6 cm³/mol. The monoisotopic (exact) mass is 364 g/mol. The van der Waals surface area contributed by atoms with E-state index in [-0.39, 0.29) is 5.41 Å². The Labute approximate surface area is 133 Å². The molecule has 0 aliphatic heterocycles. The summed E-state index contributed by atoms with van der Waals surface area (Å²) in [5.41, 5.74) is -1.00. The van der Waals surface area contributed by atoms with Gasteiger partial charge in [-0.15, -0.1) is 0 Å². The molecule has 0 aromatic heterocycles. The quantitative estimate of drug-likeness (QED) is 0.498. The normalized spacial score (nSPS) is 58.4. The van der Waals surface area contributed by atoms with Gasteiger partial charge in [0.05, 0.1) is 4.32 Å². The molecule has 6 saturated carbocycles. The summed E-state index contributed by atoms with van der Waals surface area (Å²) >= 11 is 3.32. The van der Waals surface area contributed by atoms with Crippen LogP contribution in [0.25, 0.3) is 0 Å². The van der Waals surface area contributed by atoms with Crippen molar-refractivity contribution >= 4 is 15.9 Å². The number of hydrogen-bond acceptors (Lipinski definition) is 0. The summed E-state index contributed by atoms with van der Waals surface area (Å²) in [7, 11) is 0. The van der Waals surface area contributed by atoms with Crippen LogP contribution in [0.15, 0.2) is 0 Å². The molecule has 6 aliphatic rings. The fourth-order valence-corrected chi connectivity index (χ4v) is 6.91. The van der Waals surface area contributed by atoms with Crippen LogP contribution in [0, 0.1) is 16.2 Å². The average Bonchev–Trinajstić information content (AvgIpc) is 2.47. The summed E-state index contributed by atoms with van der Waals surface area (Å²) in [6.07, 6.45) is 5.97. The Morgan fingerprint density at radius 2 is 1.29 bits per heavy atom. The first kappa shape index (κ1) is 14.8. The Bertz CT molecular complexity index is 440. The van der Waals surface area contributed by atoms with Crippen LogP contribution in [0.2, 0.25) is 0 Å². The predicted octanol–water partition coefficient (Wildman–Crippen LogP) is 6.03. The Kier molecular flexibility index (Phi) is 2.84. The number of alkyl halides is 4. The lowest BCUT2D eigenvalue weighted by atomic mass is 9.39. The summed E-state index contributed by atoms with van der Waals surface area (Å²) < 4.78 is 43.9. The molecule has 0 saturated heterocycles. The van der Waals surface area contributed by atoms with Gasteiger partial charge in [0.1, 0.15) is 0 Å². The van der Waals surface area contributed by atoms with E-state index in [9.17, 15) is 4.39 Å². The highest BCUT2D eigenvalue weighted by Gasteiger charge is 2.77. The van der Waals surface area contributed by atoms with Gasteiger partial charge in [0, 0.05) is 5.41 Å². The van der Waals surface area contributed by atoms with Gasteiger partial charge in [0.2, 0.25) is 0 Å². The number of hydrogen-bond donors (Lipinski definition) is 0. The topological polar surface area (TPSA) is 0 Å². The molecule has 120 valence electrons. The maximum Gasteiger partial charge on any atom is 0.286 e. The fraction of sp³-hybridized carbons (Fsp3) is 1.00. The van der Waals surface area contributed by atoms with Crippen LogP contribution in [-0.4, -0.2) is 16.4 Å². The van der Waals surface area contributed by atoms with Crippen molar-refractivity contribution in [2.75, 3.05) is 0 Å². The van der Waals surface area contributed by atoms with Gasteiger partial charge in [-0.25, -0.2) is 13.2 Å². The third-order valence-electron chi connectivity index (χ3n) is 7.98. The second kappa shape index (κ2) is 4.02. The summed E-state index contributed by atoms with van der Waals surface area (Å²) in [5.74, 6) is -3.17. The third-order valence-corrected chi connectivity index (χ3v) is 9.18. The first-order valence-electron chi connectivity index (χ1n) is 8.40. The molecule has 1 unspecified atom stereocenters. The van der Waals surface area contributed by atoms with Crippen LogP contribution in [0.5, 0.6) is 0 Å². The van der Waals surface area contributed by atoms with E-state index in [0.717, 1.165) is 38.5 Å². The van der Waals surface area contributed by atoms with Gasteiger partial charge in [0.25, 0.3) is 5.92 Å². The minimum atomic E-state index is -3.17. The maximum absolute atomic E-state index is 15.1. The highest BCUT2D eigenvalue weighted by Crippen LogP contribution is 2.75. The molecule has 6 aliphatic carbocycles. The maximum atomic E-state index is 15.1. The first-order valence-corrected chi connectivity index (χ1v) is 9.19. The SMILES string of the molecule is CC12CCC(C34CCC(Br)(CC3)C(F)C4(F)F)(CC1)CC2. The minimum absolute atomic E-state index is 0.298. The van der Waals surface area contributed by atoms with Crippen molar-refractivity contribution in [2.24, 2.45) is 16.2 Å². The van der Waals surface area contributed by atoms with Gasteiger partial charge < -0.3 is 0 Å². The molecule has 0 aromatic rings. The summed E-state index contributed by atoms with van der Waals surface area (Å²) in [4.78, 5) is 0. The Hall–Kier alpha value is 0.270.